The lowest BCUT2D eigenvalue weighted by Gasteiger charge is -2.15. The lowest BCUT2D eigenvalue weighted by Crippen LogP contribution is -2.14. The summed E-state index contributed by atoms with van der Waals surface area (Å²) in [6.07, 6.45) is 3.25. The number of hydrogen-bond donors (Lipinski definition) is 1. The minimum atomic E-state index is -0.269. The Labute approximate surface area is 177 Å². The zero-order valence-corrected chi connectivity index (χ0v) is 17.6. The lowest BCUT2D eigenvalue weighted by atomic mass is 9.99. The first-order valence-corrected chi connectivity index (χ1v) is 10.2. The molecule has 1 heterocycles. The predicted molar refractivity (Wildman–Crippen MR) is 117 cm³/mol. The topological polar surface area (TPSA) is 51.2 Å². The number of nitrogens with zero attached hydrogens (tertiary/aromatic N) is 1. The normalized spacial score (nSPS) is 10.8. The van der Waals surface area contributed by atoms with E-state index in [9.17, 15) is 9.18 Å². The third-order valence-corrected chi connectivity index (χ3v) is 4.73. The van der Waals surface area contributed by atoms with Gasteiger partial charge in [-0.2, -0.15) is 0 Å². The number of nitrogens with one attached hydrogen (secondary N) is 1. The highest BCUT2D eigenvalue weighted by Gasteiger charge is 2.14. The van der Waals surface area contributed by atoms with Crippen LogP contribution in [0.4, 0.5) is 10.1 Å². The average Bonchev–Trinajstić information content (AvgIpc) is 2.74. The van der Waals surface area contributed by atoms with Gasteiger partial charge in [-0.1, -0.05) is 32.9 Å². The van der Waals surface area contributed by atoms with Gasteiger partial charge < -0.3 is 10.1 Å². The highest BCUT2D eigenvalue weighted by molar-refractivity contribution is 6.04. The Balaban J connectivity index is 1.79. The van der Waals surface area contributed by atoms with E-state index in [0.717, 1.165) is 41.1 Å². The minimum absolute atomic E-state index is 0.173. The second-order valence-corrected chi connectivity index (χ2v) is 7.64. The zero-order chi connectivity index (χ0) is 21.5. The molecule has 0 fully saturated rings. The van der Waals surface area contributed by atoms with Crippen LogP contribution < -0.4 is 10.1 Å². The van der Waals surface area contributed by atoms with Crippen molar-refractivity contribution in [2.24, 2.45) is 5.92 Å². The Bertz CT molecular complexity index is 1000. The Morgan fingerprint density at radius 1 is 1.13 bits per heavy atom. The van der Waals surface area contributed by atoms with Crippen molar-refractivity contribution in [3.63, 3.8) is 0 Å². The Hall–Kier alpha value is -3.21. The molecule has 0 atom stereocenters. The van der Waals surface area contributed by atoms with Crippen molar-refractivity contribution in [2.45, 2.75) is 40.2 Å². The zero-order valence-electron chi connectivity index (χ0n) is 17.6. The van der Waals surface area contributed by atoms with Gasteiger partial charge in [-0.3, -0.25) is 9.78 Å². The number of aromatic nitrogens is 1. The van der Waals surface area contributed by atoms with Crippen LogP contribution in [0.15, 0.2) is 60.8 Å². The number of ether oxygens (including phenoxy) is 1. The molecule has 0 saturated heterocycles. The summed E-state index contributed by atoms with van der Waals surface area (Å²) in [6.45, 7) is 6.60. The van der Waals surface area contributed by atoms with E-state index in [1.165, 1.54) is 12.1 Å². The maximum atomic E-state index is 13.1. The first-order valence-electron chi connectivity index (χ1n) is 10.2. The largest absolute Gasteiger partial charge is 0.489 e. The molecule has 0 aliphatic carbocycles. The molecule has 0 spiro atoms. The van der Waals surface area contributed by atoms with Gasteiger partial charge in [0.05, 0.1) is 11.4 Å². The van der Waals surface area contributed by atoms with E-state index < -0.39 is 0 Å². The van der Waals surface area contributed by atoms with Crippen molar-refractivity contribution >= 4 is 11.6 Å². The smallest absolute Gasteiger partial charge is 0.255 e. The first kappa shape index (κ1) is 21.5. The second kappa shape index (κ2) is 10.0. The SMILES string of the molecule is CCc1ncccc1NC(=O)c1ccc(OCc2ccc(F)cc2)c(CC(C)C)c1. The van der Waals surface area contributed by atoms with Crippen LogP contribution in [0.2, 0.25) is 0 Å². The van der Waals surface area contributed by atoms with Gasteiger partial charge in [0.15, 0.2) is 0 Å². The number of rotatable bonds is 8. The number of halogens is 1. The maximum absolute atomic E-state index is 13.1. The van der Waals surface area contributed by atoms with E-state index in [-0.39, 0.29) is 11.7 Å². The van der Waals surface area contributed by atoms with Crippen LogP contribution >= 0.6 is 0 Å². The van der Waals surface area contributed by atoms with Crippen molar-refractivity contribution in [3.05, 3.63) is 89.0 Å². The number of aryl methyl sites for hydroxylation is 1. The monoisotopic (exact) mass is 406 g/mol. The summed E-state index contributed by atoms with van der Waals surface area (Å²) in [5.74, 6) is 0.698. The molecule has 1 amide bonds. The number of benzene rings is 2. The molecule has 2 aromatic carbocycles. The Morgan fingerprint density at radius 2 is 1.90 bits per heavy atom. The van der Waals surface area contributed by atoms with Crippen LogP contribution in [0.25, 0.3) is 0 Å². The standard InChI is InChI=1S/C25H27FN2O2/c1-4-22-23(6-5-13-27-22)28-25(29)19-9-12-24(20(15-19)14-17(2)3)30-16-18-7-10-21(26)11-8-18/h5-13,15,17H,4,14,16H2,1-3H3,(H,28,29). The summed E-state index contributed by atoms with van der Waals surface area (Å²) in [7, 11) is 0. The fraction of sp³-hybridized carbons (Fsp3) is 0.280. The number of amides is 1. The van der Waals surface area contributed by atoms with E-state index in [4.69, 9.17) is 4.74 Å². The minimum Gasteiger partial charge on any atom is -0.489 e. The predicted octanol–water partition coefficient (Wildman–Crippen LogP) is 5.81. The molecule has 0 radical (unpaired) electrons. The molecule has 0 aliphatic rings. The van der Waals surface area contributed by atoms with E-state index in [1.54, 1.807) is 24.4 Å². The number of pyridine rings is 1. The highest BCUT2D eigenvalue weighted by Crippen LogP contribution is 2.25. The maximum Gasteiger partial charge on any atom is 0.255 e. The van der Waals surface area contributed by atoms with Crippen molar-refractivity contribution in [1.82, 2.24) is 4.98 Å². The quantitative estimate of drug-likeness (QED) is 0.513. The van der Waals surface area contributed by atoms with Gasteiger partial charge in [0.1, 0.15) is 18.2 Å². The Morgan fingerprint density at radius 3 is 2.60 bits per heavy atom. The number of anilines is 1. The van der Waals surface area contributed by atoms with Crippen LogP contribution in [0.1, 0.15) is 48.0 Å². The number of carbonyl (C=O) groups excluding carboxylic acids is 1. The fourth-order valence-electron chi connectivity index (χ4n) is 3.23. The van der Waals surface area contributed by atoms with Crippen LogP contribution in [-0.2, 0) is 19.4 Å². The molecule has 0 aliphatic heterocycles. The third-order valence-electron chi connectivity index (χ3n) is 4.73. The van der Waals surface area contributed by atoms with E-state index >= 15 is 0 Å². The van der Waals surface area contributed by atoms with Crippen molar-refractivity contribution < 1.29 is 13.9 Å². The van der Waals surface area contributed by atoms with Crippen molar-refractivity contribution in [1.29, 1.82) is 0 Å². The van der Waals surface area contributed by atoms with Gasteiger partial charge in [-0.15, -0.1) is 0 Å². The summed E-state index contributed by atoms with van der Waals surface area (Å²) in [5, 5.41) is 2.96. The summed E-state index contributed by atoms with van der Waals surface area (Å²) in [6, 6.07) is 15.4. The molecule has 156 valence electrons. The van der Waals surface area contributed by atoms with E-state index in [0.29, 0.717) is 18.1 Å². The van der Waals surface area contributed by atoms with Crippen molar-refractivity contribution in [3.8, 4) is 5.75 Å². The van der Waals surface area contributed by atoms with Crippen LogP contribution in [0.5, 0.6) is 5.75 Å². The van der Waals surface area contributed by atoms with Gasteiger partial charge in [-0.05, 0) is 72.4 Å². The van der Waals surface area contributed by atoms with Crippen LogP contribution in [0.3, 0.4) is 0 Å². The molecular weight excluding hydrogens is 379 g/mol. The van der Waals surface area contributed by atoms with Gasteiger partial charge in [0.25, 0.3) is 5.91 Å². The molecule has 3 rings (SSSR count). The van der Waals surface area contributed by atoms with Gasteiger partial charge in [0, 0.05) is 11.8 Å². The molecule has 30 heavy (non-hydrogen) atoms. The van der Waals surface area contributed by atoms with Crippen LogP contribution in [-0.4, -0.2) is 10.9 Å². The van der Waals surface area contributed by atoms with E-state index in [1.807, 2.05) is 31.2 Å². The van der Waals surface area contributed by atoms with Gasteiger partial charge in [-0.25, -0.2) is 4.39 Å². The van der Waals surface area contributed by atoms with Crippen LogP contribution in [0, 0.1) is 11.7 Å². The summed E-state index contributed by atoms with van der Waals surface area (Å²) < 4.78 is 19.1. The Kier molecular flexibility index (Phi) is 7.17. The molecule has 0 saturated carbocycles. The molecule has 0 unspecified atom stereocenters. The first-order chi connectivity index (χ1) is 14.5. The number of carbonyl (C=O) groups is 1. The average molecular weight is 407 g/mol. The fourth-order valence-corrected chi connectivity index (χ4v) is 3.23. The van der Waals surface area contributed by atoms with Gasteiger partial charge >= 0.3 is 0 Å². The molecule has 0 bridgehead atoms. The molecule has 5 heteroatoms. The summed E-state index contributed by atoms with van der Waals surface area (Å²) in [4.78, 5) is 17.1. The van der Waals surface area contributed by atoms with E-state index in [2.05, 4.69) is 24.1 Å². The number of hydrogen-bond acceptors (Lipinski definition) is 3. The van der Waals surface area contributed by atoms with Gasteiger partial charge in [0.2, 0.25) is 0 Å². The highest BCUT2D eigenvalue weighted by atomic mass is 19.1. The molecule has 3 aromatic rings. The molecular formula is C25H27FN2O2. The van der Waals surface area contributed by atoms with Crippen molar-refractivity contribution in [2.75, 3.05) is 5.32 Å². The summed E-state index contributed by atoms with van der Waals surface area (Å²) >= 11 is 0. The molecule has 1 N–H and O–H groups in total. The third kappa shape index (κ3) is 5.66. The molecule has 1 aromatic heterocycles. The molecule has 4 nitrogen and oxygen atoms in total. The summed E-state index contributed by atoms with van der Waals surface area (Å²) in [5.41, 5.74) is 4.02. The second-order valence-electron chi connectivity index (χ2n) is 7.64. The lowest BCUT2D eigenvalue weighted by molar-refractivity contribution is 0.102.